The van der Waals surface area contributed by atoms with Crippen molar-refractivity contribution in [1.82, 2.24) is 10.2 Å². The van der Waals surface area contributed by atoms with Gasteiger partial charge >= 0.3 is 0 Å². The summed E-state index contributed by atoms with van der Waals surface area (Å²) in [5.74, 6) is 0. The van der Waals surface area contributed by atoms with Crippen molar-refractivity contribution in [2.75, 3.05) is 26.7 Å². The molecule has 1 atom stereocenters. The molecule has 1 unspecified atom stereocenters. The summed E-state index contributed by atoms with van der Waals surface area (Å²) in [6.07, 6.45) is 6.67. The van der Waals surface area contributed by atoms with E-state index in [4.69, 9.17) is 0 Å². The van der Waals surface area contributed by atoms with Gasteiger partial charge < -0.3 is 10.2 Å². The molecule has 0 aliphatic rings. The molecule has 0 aromatic rings. The summed E-state index contributed by atoms with van der Waals surface area (Å²) in [6.45, 7) is 10.3. The number of rotatable bonds is 10. The molecule has 0 spiro atoms. The van der Waals surface area contributed by atoms with E-state index in [-0.39, 0.29) is 0 Å². The minimum Gasteiger partial charge on any atom is -0.315 e. The summed E-state index contributed by atoms with van der Waals surface area (Å²) in [7, 11) is 2.22. The molecule has 0 radical (unpaired) electrons. The second kappa shape index (κ2) is 10.4. The topological polar surface area (TPSA) is 15.3 Å². The molecular weight excluding hydrogens is 184 g/mol. The first-order chi connectivity index (χ1) is 7.22. The molecule has 0 saturated heterocycles. The van der Waals surface area contributed by atoms with Crippen LogP contribution in [0.25, 0.3) is 0 Å². The molecule has 0 amide bonds. The first-order valence-electron chi connectivity index (χ1n) is 6.63. The molecule has 15 heavy (non-hydrogen) atoms. The number of hydrogen-bond donors (Lipinski definition) is 1. The van der Waals surface area contributed by atoms with Crippen molar-refractivity contribution in [3.63, 3.8) is 0 Å². The lowest BCUT2D eigenvalue weighted by atomic mass is 10.2. The first kappa shape index (κ1) is 14.9. The summed E-state index contributed by atoms with van der Waals surface area (Å²) in [6, 6.07) is 0.715. The van der Waals surface area contributed by atoms with Crippen molar-refractivity contribution in [2.24, 2.45) is 0 Å². The van der Waals surface area contributed by atoms with Crippen LogP contribution in [-0.4, -0.2) is 37.6 Å². The van der Waals surface area contributed by atoms with E-state index in [2.05, 4.69) is 38.0 Å². The average molecular weight is 214 g/mol. The summed E-state index contributed by atoms with van der Waals surface area (Å²) >= 11 is 0. The highest BCUT2D eigenvalue weighted by atomic mass is 15.1. The van der Waals surface area contributed by atoms with Crippen LogP contribution in [0.3, 0.4) is 0 Å². The van der Waals surface area contributed by atoms with Crippen LogP contribution in [0.5, 0.6) is 0 Å². The number of nitrogens with zero attached hydrogens (tertiary/aromatic N) is 1. The maximum atomic E-state index is 3.51. The predicted octanol–water partition coefficient (Wildman–Crippen LogP) is 2.89. The van der Waals surface area contributed by atoms with Gasteiger partial charge in [-0.1, -0.05) is 33.1 Å². The third-order valence-electron chi connectivity index (χ3n) is 3.19. The molecule has 2 heteroatoms. The monoisotopic (exact) mass is 214 g/mol. The first-order valence-corrected chi connectivity index (χ1v) is 6.63. The summed E-state index contributed by atoms with van der Waals surface area (Å²) in [5.41, 5.74) is 0. The van der Waals surface area contributed by atoms with Crippen molar-refractivity contribution < 1.29 is 0 Å². The van der Waals surface area contributed by atoms with Gasteiger partial charge in [-0.05, 0) is 33.4 Å². The maximum Gasteiger partial charge on any atom is 0.0107 e. The highest BCUT2D eigenvalue weighted by Crippen LogP contribution is 1.99. The summed E-state index contributed by atoms with van der Waals surface area (Å²) in [4.78, 5) is 2.43. The SMILES string of the molecule is CCCCCCNCCN(C)C(C)CC. The Balaban J connectivity index is 3.16. The van der Waals surface area contributed by atoms with Gasteiger partial charge in [-0.3, -0.25) is 0 Å². The molecule has 0 aliphatic carbocycles. The van der Waals surface area contributed by atoms with Crippen LogP contribution in [0.1, 0.15) is 52.9 Å². The average Bonchev–Trinajstić information content (AvgIpc) is 2.26. The smallest absolute Gasteiger partial charge is 0.0107 e. The van der Waals surface area contributed by atoms with Crippen molar-refractivity contribution in [3.05, 3.63) is 0 Å². The van der Waals surface area contributed by atoms with Gasteiger partial charge in [0.25, 0.3) is 0 Å². The van der Waals surface area contributed by atoms with E-state index in [0.29, 0.717) is 6.04 Å². The molecule has 0 fully saturated rings. The highest BCUT2D eigenvalue weighted by Gasteiger charge is 2.04. The van der Waals surface area contributed by atoms with Gasteiger partial charge in [0.05, 0.1) is 0 Å². The Hall–Kier alpha value is -0.0800. The Labute approximate surface area is 96.4 Å². The lowest BCUT2D eigenvalue weighted by Gasteiger charge is -2.23. The van der Waals surface area contributed by atoms with Crippen molar-refractivity contribution >= 4 is 0 Å². The molecule has 2 nitrogen and oxygen atoms in total. The van der Waals surface area contributed by atoms with Gasteiger partial charge in [-0.15, -0.1) is 0 Å². The van der Waals surface area contributed by atoms with Crippen molar-refractivity contribution in [2.45, 2.75) is 58.9 Å². The van der Waals surface area contributed by atoms with Gasteiger partial charge in [0.15, 0.2) is 0 Å². The molecule has 0 aromatic carbocycles. The van der Waals surface area contributed by atoms with Crippen LogP contribution in [0.2, 0.25) is 0 Å². The Morgan fingerprint density at radius 2 is 1.80 bits per heavy atom. The zero-order chi connectivity index (χ0) is 11.5. The van der Waals surface area contributed by atoms with Crippen molar-refractivity contribution in [3.8, 4) is 0 Å². The maximum absolute atomic E-state index is 3.51. The third kappa shape index (κ3) is 8.88. The van der Waals surface area contributed by atoms with Gasteiger partial charge in [-0.25, -0.2) is 0 Å². The Bertz CT molecular complexity index is 126. The fourth-order valence-corrected chi connectivity index (χ4v) is 1.59. The Morgan fingerprint density at radius 3 is 2.40 bits per heavy atom. The van der Waals surface area contributed by atoms with Gasteiger partial charge in [-0.2, -0.15) is 0 Å². The molecule has 0 aliphatic heterocycles. The van der Waals surface area contributed by atoms with Gasteiger partial charge in [0.1, 0.15) is 0 Å². The molecule has 0 aromatic heterocycles. The fraction of sp³-hybridized carbons (Fsp3) is 1.00. The standard InChI is InChI=1S/C13H30N2/c1-5-7-8-9-10-14-11-12-15(4)13(3)6-2/h13-14H,5-12H2,1-4H3. The number of unbranched alkanes of at least 4 members (excludes halogenated alkanes) is 3. The van der Waals surface area contributed by atoms with E-state index in [1.807, 2.05) is 0 Å². The molecule has 92 valence electrons. The highest BCUT2D eigenvalue weighted by molar-refractivity contribution is 4.62. The quantitative estimate of drug-likeness (QED) is 0.563. The van der Waals surface area contributed by atoms with E-state index in [1.165, 1.54) is 45.2 Å². The third-order valence-corrected chi connectivity index (χ3v) is 3.19. The van der Waals surface area contributed by atoms with Crippen LogP contribution < -0.4 is 5.32 Å². The molecule has 1 N–H and O–H groups in total. The minimum absolute atomic E-state index is 0.715. The fourth-order valence-electron chi connectivity index (χ4n) is 1.59. The van der Waals surface area contributed by atoms with Gasteiger partial charge in [0, 0.05) is 19.1 Å². The van der Waals surface area contributed by atoms with Crippen LogP contribution in [-0.2, 0) is 0 Å². The zero-order valence-corrected chi connectivity index (χ0v) is 11.2. The number of likely N-dealkylation sites (N-methyl/N-ethyl adjacent to an activating group) is 1. The zero-order valence-electron chi connectivity index (χ0n) is 11.2. The molecule has 0 bridgehead atoms. The molecule has 0 heterocycles. The largest absolute Gasteiger partial charge is 0.315 e. The Kier molecular flexibility index (Phi) is 10.4. The molecule has 0 rings (SSSR count). The van der Waals surface area contributed by atoms with Crippen molar-refractivity contribution in [1.29, 1.82) is 0 Å². The second-order valence-corrected chi connectivity index (χ2v) is 4.55. The van der Waals surface area contributed by atoms with E-state index >= 15 is 0 Å². The van der Waals surface area contributed by atoms with Crippen LogP contribution in [0, 0.1) is 0 Å². The van der Waals surface area contributed by atoms with E-state index < -0.39 is 0 Å². The van der Waals surface area contributed by atoms with Crippen LogP contribution >= 0.6 is 0 Å². The van der Waals surface area contributed by atoms with E-state index in [0.717, 1.165) is 6.54 Å². The molecular formula is C13H30N2. The van der Waals surface area contributed by atoms with E-state index in [9.17, 15) is 0 Å². The van der Waals surface area contributed by atoms with E-state index in [1.54, 1.807) is 0 Å². The van der Waals surface area contributed by atoms with Gasteiger partial charge in [0.2, 0.25) is 0 Å². The molecule has 0 saturated carbocycles. The lowest BCUT2D eigenvalue weighted by molar-refractivity contribution is 0.252. The number of hydrogen-bond acceptors (Lipinski definition) is 2. The minimum atomic E-state index is 0.715. The lowest BCUT2D eigenvalue weighted by Crippen LogP contribution is -2.35. The Morgan fingerprint density at radius 1 is 1.07 bits per heavy atom. The summed E-state index contributed by atoms with van der Waals surface area (Å²) < 4.78 is 0. The number of nitrogens with one attached hydrogen (secondary N) is 1. The van der Waals surface area contributed by atoms with Crippen LogP contribution in [0.4, 0.5) is 0 Å². The normalized spacial score (nSPS) is 13.4. The summed E-state index contributed by atoms with van der Waals surface area (Å²) in [5, 5.41) is 3.51. The van der Waals surface area contributed by atoms with Crippen LogP contribution in [0.15, 0.2) is 0 Å². The predicted molar refractivity (Wildman–Crippen MR) is 69.4 cm³/mol. The second-order valence-electron chi connectivity index (χ2n) is 4.55.